The van der Waals surface area contributed by atoms with Gasteiger partial charge in [-0.05, 0) is 41.5 Å². The first kappa shape index (κ1) is 20.9. The smallest absolute Gasteiger partial charge is 0.253 e. The average Bonchev–Trinajstić information content (AvgIpc) is 3.26. The van der Waals surface area contributed by atoms with E-state index in [-0.39, 0.29) is 24.1 Å². The number of rotatable bonds is 7. The number of hydrogen-bond donors (Lipinski definition) is 1. The van der Waals surface area contributed by atoms with Gasteiger partial charge in [0, 0.05) is 25.7 Å². The van der Waals surface area contributed by atoms with Crippen LogP contribution in [0.15, 0.2) is 77.7 Å². The maximum atomic E-state index is 12.8. The van der Waals surface area contributed by atoms with Crippen LogP contribution in [0.4, 0.5) is 0 Å². The molecule has 3 aromatic carbocycles. The third kappa shape index (κ3) is 4.87. The van der Waals surface area contributed by atoms with E-state index in [2.05, 4.69) is 4.72 Å². The Balaban J connectivity index is 1.45. The molecule has 1 heterocycles. The number of hydrogen-bond acceptors (Lipinski definition) is 5. The van der Waals surface area contributed by atoms with Crippen molar-refractivity contribution < 1.29 is 22.7 Å². The van der Waals surface area contributed by atoms with Crippen LogP contribution in [0, 0.1) is 0 Å². The fourth-order valence-electron chi connectivity index (χ4n) is 3.26. The molecule has 160 valence electrons. The van der Waals surface area contributed by atoms with Crippen LogP contribution in [-0.4, -0.2) is 33.1 Å². The molecule has 1 amide bonds. The molecule has 1 aliphatic heterocycles. The molecule has 0 atom stereocenters. The second kappa shape index (κ2) is 8.79. The predicted octanol–water partition coefficient (Wildman–Crippen LogP) is 3.17. The van der Waals surface area contributed by atoms with Crippen LogP contribution in [0.1, 0.15) is 21.5 Å². The van der Waals surface area contributed by atoms with Crippen LogP contribution in [0.2, 0.25) is 0 Å². The van der Waals surface area contributed by atoms with Gasteiger partial charge in [0.2, 0.25) is 16.8 Å². The topological polar surface area (TPSA) is 84.9 Å². The summed E-state index contributed by atoms with van der Waals surface area (Å²) in [7, 11) is -2.12. The fourth-order valence-corrected chi connectivity index (χ4v) is 4.32. The molecule has 3 aromatic rings. The Kier molecular flexibility index (Phi) is 5.92. The Morgan fingerprint density at radius 3 is 2.52 bits per heavy atom. The normalized spacial score (nSPS) is 12.5. The molecule has 0 spiro atoms. The molecule has 4 rings (SSSR count). The highest BCUT2D eigenvalue weighted by Crippen LogP contribution is 2.32. The number of nitrogens with zero attached hydrogens (tertiary/aromatic N) is 1. The lowest BCUT2D eigenvalue weighted by atomic mass is 10.1. The van der Waals surface area contributed by atoms with Gasteiger partial charge in [0.15, 0.2) is 11.5 Å². The molecule has 7 nitrogen and oxygen atoms in total. The number of carbonyl (C=O) groups is 1. The van der Waals surface area contributed by atoms with Gasteiger partial charge in [0.05, 0.1) is 4.90 Å². The summed E-state index contributed by atoms with van der Waals surface area (Å²) < 4.78 is 38.7. The van der Waals surface area contributed by atoms with Crippen molar-refractivity contribution in [3.05, 3.63) is 89.5 Å². The van der Waals surface area contributed by atoms with Gasteiger partial charge in [-0.1, -0.05) is 42.5 Å². The van der Waals surface area contributed by atoms with Crippen LogP contribution >= 0.6 is 0 Å². The van der Waals surface area contributed by atoms with Gasteiger partial charge in [0.25, 0.3) is 5.91 Å². The molecule has 0 saturated carbocycles. The van der Waals surface area contributed by atoms with E-state index >= 15 is 0 Å². The number of fused-ring (bicyclic) bond motifs is 1. The summed E-state index contributed by atoms with van der Waals surface area (Å²) in [6.45, 7) is 0.675. The van der Waals surface area contributed by atoms with Gasteiger partial charge in [-0.3, -0.25) is 4.79 Å². The fraction of sp³-hybridized carbons (Fsp3) is 0.174. The van der Waals surface area contributed by atoms with Crippen molar-refractivity contribution in [1.82, 2.24) is 9.62 Å². The molecule has 0 unspecified atom stereocenters. The number of nitrogens with one attached hydrogen (secondary N) is 1. The van der Waals surface area contributed by atoms with Crippen LogP contribution in [0.5, 0.6) is 11.5 Å². The number of sulfonamides is 1. The van der Waals surface area contributed by atoms with Gasteiger partial charge >= 0.3 is 0 Å². The summed E-state index contributed by atoms with van der Waals surface area (Å²) >= 11 is 0. The van der Waals surface area contributed by atoms with Crippen molar-refractivity contribution in [1.29, 1.82) is 0 Å². The Bertz CT molecular complexity index is 1200. The third-order valence-electron chi connectivity index (χ3n) is 4.90. The van der Waals surface area contributed by atoms with E-state index in [1.807, 2.05) is 30.3 Å². The third-order valence-corrected chi connectivity index (χ3v) is 6.30. The second-order valence-electron chi connectivity index (χ2n) is 7.19. The van der Waals surface area contributed by atoms with Crippen molar-refractivity contribution in [3.8, 4) is 11.5 Å². The van der Waals surface area contributed by atoms with E-state index in [0.29, 0.717) is 23.6 Å². The molecule has 0 aliphatic carbocycles. The van der Waals surface area contributed by atoms with E-state index in [1.165, 1.54) is 12.1 Å². The van der Waals surface area contributed by atoms with Crippen molar-refractivity contribution in [2.24, 2.45) is 0 Å². The molecular weight excluding hydrogens is 416 g/mol. The van der Waals surface area contributed by atoms with Crippen molar-refractivity contribution >= 4 is 15.9 Å². The molecule has 1 aliphatic rings. The van der Waals surface area contributed by atoms with E-state index in [0.717, 1.165) is 11.1 Å². The zero-order chi connectivity index (χ0) is 21.8. The largest absolute Gasteiger partial charge is 0.454 e. The van der Waals surface area contributed by atoms with Gasteiger partial charge in [-0.25, -0.2) is 13.1 Å². The van der Waals surface area contributed by atoms with Gasteiger partial charge in [-0.15, -0.1) is 0 Å². The quantitative estimate of drug-likeness (QED) is 0.613. The number of benzene rings is 3. The van der Waals surface area contributed by atoms with Crippen LogP contribution in [0.25, 0.3) is 0 Å². The molecule has 0 radical (unpaired) electrons. The van der Waals surface area contributed by atoms with Crippen LogP contribution in [-0.2, 0) is 23.1 Å². The Morgan fingerprint density at radius 2 is 1.71 bits per heavy atom. The minimum Gasteiger partial charge on any atom is -0.454 e. The minimum absolute atomic E-state index is 0.0344. The highest BCUT2D eigenvalue weighted by molar-refractivity contribution is 7.89. The van der Waals surface area contributed by atoms with Crippen LogP contribution in [0.3, 0.4) is 0 Å². The monoisotopic (exact) mass is 438 g/mol. The molecule has 31 heavy (non-hydrogen) atoms. The summed E-state index contributed by atoms with van der Waals surface area (Å²) in [6.07, 6.45) is 0. The zero-order valence-corrected chi connectivity index (χ0v) is 17.8. The summed E-state index contributed by atoms with van der Waals surface area (Å²) in [5, 5.41) is 0. The number of amides is 1. The Labute approximate surface area is 181 Å². The standard InChI is InChI=1S/C23H22N2O5S/c1-25(15-17-6-3-2-4-7-17)23(26)19-8-5-9-20(13-19)31(27,28)24-14-18-10-11-21-22(12-18)30-16-29-21/h2-13,24H,14-16H2,1H3. The molecule has 1 N–H and O–H groups in total. The first-order valence-electron chi connectivity index (χ1n) is 9.70. The lowest BCUT2D eigenvalue weighted by Crippen LogP contribution is -2.27. The van der Waals surface area contributed by atoms with Gasteiger partial charge < -0.3 is 14.4 Å². The van der Waals surface area contributed by atoms with E-state index in [4.69, 9.17) is 9.47 Å². The second-order valence-corrected chi connectivity index (χ2v) is 8.95. The molecule has 0 saturated heterocycles. The summed E-state index contributed by atoms with van der Waals surface area (Å²) in [4.78, 5) is 14.4. The van der Waals surface area contributed by atoms with Crippen LogP contribution < -0.4 is 14.2 Å². The van der Waals surface area contributed by atoms with E-state index in [1.54, 1.807) is 42.3 Å². The highest BCUT2D eigenvalue weighted by atomic mass is 32.2. The van der Waals surface area contributed by atoms with Crippen molar-refractivity contribution in [2.45, 2.75) is 18.0 Å². The van der Waals surface area contributed by atoms with Gasteiger partial charge in [0.1, 0.15) is 0 Å². The molecule has 8 heteroatoms. The number of ether oxygens (including phenoxy) is 2. The predicted molar refractivity (Wildman–Crippen MR) is 115 cm³/mol. The SMILES string of the molecule is CN(Cc1ccccc1)C(=O)c1cccc(S(=O)(=O)NCc2ccc3c(c2)OCO3)c1. The highest BCUT2D eigenvalue weighted by Gasteiger charge is 2.19. The summed E-state index contributed by atoms with van der Waals surface area (Å²) in [5.41, 5.74) is 2.04. The molecule has 0 bridgehead atoms. The van der Waals surface area contributed by atoms with Crippen molar-refractivity contribution in [2.75, 3.05) is 13.8 Å². The number of carbonyl (C=O) groups excluding carboxylic acids is 1. The van der Waals surface area contributed by atoms with Crippen molar-refractivity contribution in [3.63, 3.8) is 0 Å². The first-order valence-corrected chi connectivity index (χ1v) is 11.2. The zero-order valence-electron chi connectivity index (χ0n) is 16.9. The summed E-state index contributed by atoms with van der Waals surface area (Å²) in [5.74, 6) is 0.972. The lowest BCUT2D eigenvalue weighted by molar-refractivity contribution is 0.0785. The van der Waals surface area contributed by atoms with E-state index < -0.39 is 10.0 Å². The maximum Gasteiger partial charge on any atom is 0.253 e. The minimum atomic E-state index is -3.81. The maximum absolute atomic E-state index is 12.8. The van der Waals surface area contributed by atoms with E-state index in [9.17, 15) is 13.2 Å². The Hall–Kier alpha value is -3.36. The molecule has 0 fully saturated rings. The lowest BCUT2D eigenvalue weighted by Gasteiger charge is -2.18. The first-order chi connectivity index (χ1) is 14.9. The molecular formula is C23H22N2O5S. The summed E-state index contributed by atoms with van der Waals surface area (Å²) in [6, 6.07) is 20.9. The molecule has 0 aromatic heterocycles. The van der Waals surface area contributed by atoms with Gasteiger partial charge in [-0.2, -0.15) is 0 Å². The average molecular weight is 439 g/mol. The Morgan fingerprint density at radius 1 is 0.935 bits per heavy atom.